The van der Waals surface area contributed by atoms with Crippen LogP contribution in [0.5, 0.6) is 5.75 Å². The number of benzene rings is 2. The number of nitrogens with zero attached hydrogens (tertiary/aromatic N) is 1. The molecule has 21 heavy (non-hydrogen) atoms. The summed E-state index contributed by atoms with van der Waals surface area (Å²) in [5.74, 6) is 0.145. The van der Waals surface area contributed by atoms with Crippen molar-refractivity contribution < 1.29 is 9.50 Å². The zero-order valence-corrected chi connectivity index (χ0v) is 11.8. The molecule has 0 aromatic heterocycles. The molecule has 1 aliphatic heterocycles. The highest BCUT2D eigenvalue weighted by atomic mass is 19.1. The highest BCUT2D eigenvalue weighted by Crippen LogP contribution is 2.42. The van der Waals surface area contributed by atoms with Gasteiger partial charge in [0.1, 0.15) is 11.6 Å². The third-order valence-electron chi connectivity index (χ3n) is 4.77. The van der Waals surface area contributed by atoms with Crippen molar-refractivity contribution in [1.82, 2.24) is 0 Å². The Labute approximate surface area is 123 Å². The number of phenolic OH excluding ortho intramolecular Hbond substituents is 1. The van der Waals surface area contributed by atoms with E-state index in [-0.39, 0.29) is 11.9 Å². The van der Waals surface area contributed by atoms with E-state index < -0.39 is 0 Å². The van der Waals surface area contributed by atoms with Gasteiger partial charge in [-0.05, 0) is 66.6 Å². The van der Waals surface area contributed by atoms with Gasteiger partial charge < -0.3 is 10.0 Å². The molecular formula is C18H18FNO. The van der Waals surface area contributed by atoms with E-state index in [2.05, 4.69) is 4.90 Å². The molecule has 1 atom stereocenters. The fourth-order valence-corrected chi connectivity index (χ4v) is 3.79. The fourth-order valence-electron chi connectivity index (χ4n) is 3.79. The Bertz CT molecular complexity index is 698. The second-order valence-electron chi connectivity index (χ2n) is 6.01. The van der Waals surface area contributed by atoms with E-state index in [1.165, 1.54) is 16.7 Å². The van der Waals surface area contributed by atoms with E-state index in [1.807, 2.05) is 18.2 Å². The van der Waals surface area contributed by atoms with Crippen LogP contribution in [0.4, 0.5) is 10.1 Å². The van der Waals surface area contributed by atoms with Crippen LogP contribution in [0.2, 0.25) is 0 Å². The van der Waals surface area contributed by atoms with Gasteiger partial charge >= 0.3 is 0 Å². The number of fused-ring (bicyclic) bond motifs is 2. The zero-order valence-electron chi connectivity index (χ0n) is 11.8. The van der Waals surface area contributed by atoms with Crippen LogP contribution in [0, 0.1) is 5.82 Å². The van der Waals surface area contributed by atoms with Crippen molar-refractivity contribution in [2.45, 2.75) is 31.7 Å². The number of anilines is 1. The smallest absolute Gasteiger partial charge is 0.125 e. The largest absolute Gasteiger partial charge is 0.508 e. The minimum Gasteiger partial charge on any atom is -0.508 e. The Kier molecular flexibility index (Phi) is 2.88. The molecule has 1 aliphatic carbocycles. The second-order valence-corrected chi connectivity index (χ2v) is 6.01. The topological polar surface area (TPSA) is 23.5 Å². The Morgan fingerprint density at radius 1 is 1.05 bits per heavy atom. The van der Waals surface area contributed by atoms with Gasteiger partial charge in [0.2, 0.25) is 0 Å². The van der Waals surface area contributed by atoms with Crippen LogP contribution in [0.3, 0.4) is 0 Å². The number of halogens is 1. The van der Waals surface area contributed by atoms with Crippen molar-refractivity contribution in [3.8, 4) is 5.75 Å². The summed E-state index contributed by atoms with van der Waals surface area (Å²) in [6, 6.07) is 11.0. The molecule has 4 rings (SSSR count). The SMILES string of the molecule is Oc1ccc2c(c1)C(N1CCc3ccc(F)cc31)CCC2. The molecule has 0 radical (unpaired) electrons. The third-order valence-corrected chi connectivity index (χ3v) is 4.77. The Morgan fingerprint density at radius 2 is 1.90 bits per heavy atom. The summed E-state index contributed by atoms with van der Waals surface area (Å²) < 4.78 is 13.6. The van der Waals surface area contributed by atoms with Gasteiger partial charge in [0.25, 0.3) is 0 Å². The van der Waals surface area contributed by atoms with Crippen molar-refractivity contribution in [3.05, 3.63) is 58.9 Å². The lowest BCUT2D eigenvalue weighted by molar-refractivity contribution is 0.468. The molecule has 0 saturated heterocycles. The molecule has 0 saturated carbocycles. The summed E-state index contributed by atoms with van der Waals surface area (Å²) >= 11 is 0. The van der Waals surface area contributed by atoms with Crippen molar-refractivity contribution in [2.24, 2.45) is 0 Å². The predicted octanol–water partition coefficient (Wildman–Crippen LogP) is 3.97. The van der Waals surface area contributed by atoms with Crippen molar-refractivity contribution in [2.75, 3.05) is 11.4 Å². The van der Waals surface area contributed by atoms with Gasteiger partial charge in [-0.3, -0.25) is 0 Å². The molecule has 108 valence electrons. The van der Waals surface area contributed by atoms with Crippen LogP contribution in [0.1, 0.15) is 35.6 Å². The maximum atomic E-state index is 13.6. The zero-order chi connectivity index (χ0) is 14.4. The first kappa shape index (κ1) is 12.7. The predicted molar refractivity (Wildman–Crippen MR) is 81.2 cm³/mol. The summed E-state index contributed by atoms with van der Waals surface area (Å²) in [7, 11) is 0. The molecule has 2 aliphatic rings. The molecule has 0 amide bonds. The maximum Gasteiger partial charge on any atom is 0.125 e. The molecular weight excluding hydrogens is 265 g/mol. The minimum atomic E-state index is -0.174. The number of hydrogen-bond acceptors (Lipinski definition) is 2. The summed E-state index contributed by atoms with van der Waals surface area (Å²) in [5.41, 5.74) is 4.77. The normalized spacial score (nSPS) is 20.2. The first-order chi connectivity index (χ1) is 10.2. The lowest BCUT2D eigenvalue weighted by Crippen LogP contribution is -2.29. The Hall–Kier alpha value is -2.03. The average molecular weight is 283 g/mol. The molecule has 2 aromatic rings. The average Bonchev–Trinajstić information content (AvgIpc) is 2.89. The van der Waals surface area contributed by atoms with E-state index in [0.29, 0.717) is 5.75 Å². The standard InChI is InChI=1S/C18H18FNO/c19-14-6-4-13-8-9-20(18(13)10-14)17-3-1-2-12-5-7-15(21)11-16(12)17/h4-7,10-11,17,21H,1-3,8-9H2. The highest BCUT2D eigenvalue weighted by molar-refractivity contribution is 5.60. The molecule has 2 aromatic carbocycles. The third kappa shape index (κ3) is 2.08. The van der Waals surface area contributed by atoms with Crippen LogP contribution >= 0.6 is 0 Å². The van der Waals surface area contributed by atoms with E-state index >= 15 is 0 Å². The van der Waals surface area contributed by atoms with E-state index in [9.17, 15) is 9.50 Å². The number of hydrogen-bond donors (Lipinski definition) is 1. The highest BCUT2D eigenvalue weighted by Gasteiger charge is 2.30. The first-order valence-electron chi connectivity index (χ1n) is 7.59. The van der Waals surface area contributed by atoms with Gasteiger partial charge in [-0.15, -0.1) is 0 Å². The summed E-state index contributed by atoms with van der Waals surface area (Å²) in [6.45, 7) is 0.929. The molecule has 0 fully saturated rings. The molecule has 0 spiro atoms. The molecule has 1 unspecified atom stereocenters. The molecule has 0 bridgehead atoms. The fraction of sp³-hybridized carbons (Fsp3) is 0.333. The monoisotopic (exact) mass is 283 g/mol. The van der Waals surface area contributed by atoms with Crippen LogP contribution in [-0.4, -0.2) is 11.7 Å². The van der Waals surface area contributed by atoms with Gasteiger partial charge in [-0.2, -0.15) is 0 Å². The van der Waals surface area contributed by atoms with Crippen molar-refractivity contribution in [3.63, 3.8) is 0 Å². The van der Waals surface area contributed by atoms with Crippen LogP contribution in [-0.2, 0) is 12.8 Å². The lowest BCUT2D eigenvalue weighted by Gasteiger charge is -2.35. The van der Waals surface area contributed by atoms with Crippen LogP contribution in [0.25, 0.3) is 0 Å². The summed E-state index contributed by atoms with van der Waals surface area (Å²) in [5, 5.41) is 9.81. The molecule has 1 heterocycles. The van der Waals surface area contributed by atoms with Gasteiger partial charge in [-0.25, -0.2) is 4.39 Å². The molecule has 1 N–H and O–H groups in total. The second kappa shape index (κ2) is 4.76. The van der Waals surface area contributed by atoms with Gasteiger partial charge in [-0.1, -0.05) is 12.1 Å². The molecule has 2 nitrogen and oxygen atoms in total. The van der Waals surface area contributed by atoms with Crippen LogP contribution in [0.15, 0.2) is 36.4 Å². The van der Waals surface area contributed by atoms with E-state index in [0.717, 1.165) is 37.9 Å². The summed E-state index contributed by atoms with van der Waals surface area (Å²) in [4.78, 5) is 2.32. The van der Waals surface area contributed by atoms with E-state index in [4.69, 9.17) is 0 Å². The van der Waals surface area contributed by atoms with Crippen molar-refractivity contribution >= 4 is 5.69 Å². The number of rotatable bonds is 1. The van der Waals surface area contributed by atoms with Crippen molar-refractivity contribution in [1.29, 1.82) is 0 Å². The number of aromatic hydroxyl groups is 1. The van der Waals surface area contributed by atoms with E-state index in [1.54, 1.807) is 18.2 Å². The number of phenols is 1. The maximum absolute atomic E-state index is 13.6. The lowest BCUT2D eigenvalue weighted by atomic mass is 9.86. The van der Waals surface area contributed by atoms with Gasteiger partial charge in [0.05, 0.1) is 6.04 Å². The summed E-state index contributed by atoms with van der Waals surface area (Å²) in [6.07, 6.45) is 4.24. The minimum absolute atomic E-state index is 0.174. The Balaban J connectivity index is 1.77. The quantitative estimate of drug-likeness (QED) is 0.856. The first-order valence-corrected chi connectivity index (χ1v) is 7.59. The van der Waals surface area contributed by atoms with Gasteiger partial charge in [0, 0.05) is 12.2 Å². The Morgan fingerprint density at radius 3 is 2.81 bits per heavy atom. The number of aryl methyl sites for hydroxylation is 1. The van der Waals surface area contributed by atoms with Crippen LogP contribution < -0.4 is 4.90 Å². The molecule has 3 heteroatoms. The van der Waals surface area contributed by atoms with Gasteiger partial charge in [0.15, 0.2) is 0 Å².